The van der Waals surface area contributed by atoms with Gasteiger partial charge in [-0.15, -0.1) is 0 Å². The Bertz CT molecular complexity index is 1310. The van der Waals surface area contributed by atoms with Gasteiger partial charge in [0.25, 0.3) is 0 Å². The van der Waals surface area contributed by atoms with Crippen LogP contribution in [-0.2, 0) is 28.6 Å². The second-order valence-corrected chi connectivity index (χ2v) is 22.7. The predicted molar refractivity (Wildman–Crippen MR) is 330 cm³/mol. The monoisotopic (exact) mass is 1060 g/mol. The van der Waals surface area contributed by atoms with E-state index in [9.17, 15) is 14.4 Å². The number of allylic oxidation sites excluding steroid dienone is 8. The van der Waals surface area contributed by atoms with E-state index in [1.807, 2.05) is 0 Å². The molecule has 0 bridgehead atoms. The van der Waals surface area contributed by atoms with Gasteiger partial charge in [0.1, 0.15) is 13.2 Å². The first-order valence-electron chi connectivity index (χ1n) is 33.6. The van der Waals surface area contributed by atoms with Gasteiger partial charge in [-0.25, -0.2) is 0 Å². The number of ether oxygens (including phenoxy) is 3. The molecule has 6 nitrogen and oxygen atoms in total. The molecule has 0 heterocycles. The van der Waals surface area contributed by atoms with Gasteiger partial charge < -0.3 is 14.2 Å². The number of carbonyl (C=O) groups excluding carboxylic acids is 3. The zero-order valence-corrected chi connectivity index (χ0v) is 51.0. The lowest BCUT2D eigenvalue weighted by molar-refractivity contribution is -0.167. The molecule has 0 aliphatic carbocycles. The van der Waals surface area contributed by atoms with Crippen molar-refractivity contribution in [1.29, 1.82) is 0 Å². The Hall–Kier alpha value is -2.63. The third-order valence-corrected chi connectivity index (χ3v) is 15.1. The quantitative estimate of drug-likeness (QED) is 0.0261. The molecule has 0 aliphatic heterocycles. The molecule has 0 rings (SSSR count). The first-order valence-corrected chi connectivity index (χ1v) is 33.6. The molecule has 1 atom stereocenters. The van der Waals surface area contributed by atoms with Crippen LogP contribution in [0.5, 0.6) is 0 Å². The summed E-state index contributed by atoms with van der Waals surface area (Å²) in [6.07, 6.45) is 81.3. The average Bonchev–Trinajstić information content (AvgIpc) is 3.42. The van der Waals surface area contributed by atoms with Gasteiger partial charge in [0.15, 0.2) is 6.10 Å². The van der Waals surface area contributed by atoms with Crippen molar-refractivity contribution in [2.24, 2.45) is 0 Å². The highest BCUT2D eigenvalue weighted by Crippen LogP contribution is 2.17. The molecule has 0 radical (unpaired) electrons. The molecule has 0 N–H and O–H groups in total. The van der Waals surface area contributed by atoms with E-state index in [1.54, 1.807) is 0 Å². The number of hydrogen-bond donors (Lipinski definition) is 0. The van der Waals surface area contributed by atoms with Crippen LogP contribution in [0, 0.1) is 0 Å². The van der Waals surface area contributed by atoms with E-state index in [4.69, 9.17) is 14.2 Å². The Kier molecular flexibility index (Phi) is 62.6. The fourth-order valence-corrected chi connectivity index (χ4v) is 9.98. The molecule has 0 fully saturated rings. The molecule has 444 valence electrons. The predicted octanol–water partition coefficient (Wildman–Crippen LogP) is 22.9. The molecule has 0 aliphatic rings. The molecule has 0 aromatic rings. The minimum atomic E-state index is -0.779. The van der Waals surface area contributed by atoms with Crippen LogP contribution in [0.1, 0.15) is 361 Å². The standard InChI is InChI=1S/C70H128O6/c1-4-7-10-13-16-19-22-25-27-29-31-33-34-35-36-38-39-41-43-45-48-51-54-57-60-63-69(72)75-66-67(65-74-68(71)62-59-56-53-50-47-24-21-18-15-12-9-6-3)76-70(73)64-61-58-55-52-49-46-44-42-40-37-32-30-28-26-23-20-17-14-11-8-5-2/h23,26,29-32,40,42,67H,4-22,24-25,27-28,33-39,41,43-66H2,1-3H3/b26-23-,31-29-,32-30-,42-40-. The van der Waals surface area contributed by atoms with Crippen molar-refractivity contribution in [3.8, 4) is 0 Å². The highest BCUT2D eigenvalue weighted by molar-refractivity contribution is 5.71. The van der Waals surface area contributed by atoms with E-state index in [0.29, 0.717) is 19.3 Å². The lowest BCUT2D eigenvalue weighted by Gasteiger charge is -2.18. The number of unbranched alkanes of at least 4 members (excludes halogenated alkanes) is 43. The van der Waals surface area contributed by atoms with Crippen molar-refractivity contribution in [3.63, 3.8) is 0 Å². The summed E-state index contributed by atoms with van der Waals surface area (Å²) < 4.78 is 16.9. The minimum absolute atomic E-state index is 0.0746. The van der Waals surface area contributed by atoms with E-state index < -0.39 is 6.10 Å². The normalized spacial score (nSPS) is 12.3. The molecule has 0 aromatic carbocycles. The molecule has 1 unspecified atom stereocenters. The summed E-state index contributed by atoms with van der Waals surface area (Å²) in [6, 6.07) is 0. The number of esters is 3. The molecule has 0 aromatic heterocycles. The number of rotatable bonds is 62. The smallest absolute Gasteiger partial charge is 0.306 e. The van der Waals surface area contributed by atoms with E-state index in [0.717, 1.165) is 77.0 Å². The molecule has 0 amide bonds. The van der Waals surface area contributed by atoms with Gasteiger partial charge in [-0.2, -0.15) is 0 Å². The van der Waals surface area contributed by atoms with E-state index in [2.05, 4.69) is 69.4 Å². The van der Waals surface area contributed by atoms with Crippen molar-refractivity contribution in [3.05, 3.63) is 48.6 Å². The van der Waals surface area contributed by atoms with Crippen LogP contribution in [-0.4, -0.2) is 37.2 Å². The Morgan fingerprint density at radius 1 is 0.263 bits per heavy atom. The van der Waals surface area contributed by atoms with Crippen molar-refractivity contribution >= 4 is 17.9 Å². The van der Waals surface area contributed by atoms with Crippen molar-refractivity contribution in [2.45, 2.75) is 367 Å². The summed E-state index contributed by atoms with van der Waals surface area (Å²) >= 11 is 0. The van der Waals surface area contributed by atoms with Crippen LogP contribution in [0.15, 0.2) is 48.6 Å². The Balaban J connectivity index is 4.27. The third-order valence-electron chi connectivity index (χ3n) is 15.1. The molecular formula is C70H128O6. The number of carbonyl (C=O) groups is 3. The van der Waals surface area contributed by atoms with Crippen LogP contribution in [0.2, 0.25) is 0 Å². The highest BCUT2D eigenvalue weighted by atomic mass is 16.6. The van der Waals surface area contributed by atoms with Crippen LogP contribution in [0.4, 0.5) is 0 Å². The van der Waals surface area contributed by atoms with E-state index >= 15 is 0 Å². The van der Waals surface area contributed by atoms with Crippen LogP contribution in [0.3, 0.4) is 0 Å². The van der Waals surface area contributed by atoms with Crippen molar-refractivity contribution in [1.82, 2.24) is 0 Å². The van der Waals surface area contributed by atoms with Crippen molar-refractivity contribution in [2.75, 3.05) is 13.2 Å². The molecule has 0 saturated heterocycles. The van der Waals surface area contributed by atoms with Gasteiger partial charge >= 0.3 is 17.9 Å². The van der Waals surface area contributed by atoms with Gasteiger partial charge in [-0.3, -0.25) is 14.4 Å². The summed E-state index contributed by atoms with van der Waals surface area (Å²) in [6.45, 7) is 6.67. The second kappa shape index (κ2) is 64.9. The number of hydrogen-bond acceptors (Lipinski definition) is 6. The average molecular weight is 1070 g/mol. The molecular weight excluding hydrogens is 937 g/mol. The molecule has 76 heavy (non-hydrogen) atoms. The summed E-state index contributed by atoms with van der Waals surface area (Å²) in [4.78, 5) is 38.3. The summed E-state index contributed by atoms with van der Waals surface area (Å²) in [5.74, 6) is -0.866. The van der Waals surface area contributed by atoms with Crippen molar-refractivity contribution < 1.29 is 28.6 Å². The fourth-order valence-electron chi connectivity index (χ4n) is 9.98. The zero-order valence-electron chi connectivity index (χ0n) is 51.0. The van der Waals surface area contributed by atoms with Crippen LogP contribution < -0.4 is 0 Å². The maximum absolute atomic E-state index is 12.9. The largest absolute Gasteiger partial charge is 0.462 e. The first kappa shape index (κ1) is 73.4. The Morgan fingerprint density at radius 3 is 0.750 bits per heavy atom. The van der Waals surface area contributed by atoms with E-state index in [1.165, 1.54) is 244 Å². The van der Waals surface area contributed by atoms with Gasteiger partial charge in [-0.1, -0.05) is 307 Å². The Labute approximate surface area is 473 Å². The fraction of sp³-hybridized carbons (Fsp3) is 0.843. The highest BCUT2D eigenvalue weighted by Gasteiger charge is 2.19. The maximum Gasteiger partial charge on any atom is 0.306 e. The summed E-state index contributed by atoms with van der Waals surface area (Å²) in [5.41, 5.74) is 0. The van der Waals surface area contributed by atoms with Crippen LogP contribution >= 0.6 is 0 Å². The molecule has 0 spiro atoms. The topological polar surface area (TPSA) is 78.9 Å². The maximum atomic E-state index is 12.9. The molecule has 0 saturated carbocycles. The SMILES string of the molecule is CCCCCCC/C=C\C/C=C\C/C=C\CCCCCCCCC(=O)OC(COC(=O)CCCCCCCCCCCCCC)COC(=O)CCCCCCCCCCCCCCC/C=C\CCCCCCCCCC. The summed E-state index contributed by atoms with van der Waals surface area (Å²) in [7, 11) is 0. The first-order chi connectivity index (χ1) is 37.5. The van der Waals surface area contributed by atoms with Gasteiger partial charge in [0, 0.05) is 19.3 Å². The van der Waals surface area contributed by atoms with Gasteiger partial charge in [-0.05, 0) is 83.5 Å². The zero-order chi connectivity index (χ0) is 55.0. The van der Waals surface area contributed by atoms with Gasteiger partial charge in [0.05, 0.1) is 0 Å². The Morgan fingerprint density at radius 2 is 0.474 bits per heavy atom. The minimum Gasteiger partial charge on any atom is -0.462 e. The van der Waals surface area contributed by atoms with E-state index in [-0.39, 0.29) is 31.1 Å². The van der Waals surface area contributed by atoms with Crippen LogP contribution in [0.25, 0.3) is 0 Å². The molecule has 6 heteroatoms. The second-order valence-electron chi connectivity index (χ2n) is 22.7. The lowest BCUT2D eigenvalue weighted by Crippen LogP contribution is -2.30. The summed E-state index contributed by atoms with van der Waals surface area (Å²) in [5, 5.41) is 0. The third kappa shape index (κ3) is 62.2. The lowest BCUT2D eigenvalue weighted by atomic mass is 10.0. The van der Waals surface area contributed by atoms with Gasteiger partial charge in [0.2, 0.25) is 0 Å².